The molecular weight excluding hydrogens is 1080 g/mol. The largest absolute Gasteiger partial charge is 0.459 e. The highest BCUT2D eigenvalue weighted by Gasteiger charge is 2.34. The number of carbonyl (C=O) groups is 8. The van der Waals surface area contributed by atoms with Crippen LogP contribution in [0.15, 0.2) is 42.7 Å². The fourth-order valence-electron chi connectivity index (χ4n) is 7.61. The number of rotatable bonds is 22. The van der Waals surface area contributed by atoms with E-state index in [4.69, 9.17) is 37.9 Å². The molecule has 0 aliphatic rings. The van der Waals surface area contributed by atoms with E-state index in [1.54, 1.807) is 145 Å². The van der Waals surface area contributed by atoms with Gasteiger partial charge in [0, 0.05) is 29.5 Å². The van der Waals surface area contributed by atoms with Gasteiger partial charge in [-0.25, -0.2) is 42.9 Å². The molecule has 84 heavy (non-hydrogen) atoms. The second-order valence-electron chi connectivity index (χ2n) is 27.5. The van der Waals surface area contributed by atoms with E-state index in [9.17, 15) is 38.4 Å². The Morgan fingerprint density at radius 3 is 1.12 bits per heavy atom. The maximum Gasteiger partial charge on any atom is 0.408 e. The van der Waals surface area contributed by atoms with Gasteiger partial charge < -0.3 is 59.2 Å². The normalized spacial score (nSPS) is 13.6. The molecule has 1 aromatic heterocycles. The number of alkyl carbamates (subject to hydrolysis) is 4. The van der Waals surface area contributed by atoms with Crippen molar-refractivity contribution in [1.82, 2.24) is 21.3 Å². The summed E-state index contributed by atoms with van der Waals surface area (Å²) in [4.78, 5) is 108. The van der Waals surface area contributed by atoms with Crippen molar-refractivity contribution in [2.24, 2.45) is 0 Å². The number of nitrogens with one attached hydrogen (secondary N) is 4. The van der Waals surface area contributed by atoms with Crippen LogP contribution in [0.1, 0.15) is 206 Å². The zero-order valence-corrected chi connectivity index (χ0v) is 53.9. The van der Waals surface area contributed by atoms with E-state index in [0.29, 0.717) is 36.1 Å². The summed E-state index contributed by atoms with van der Waals surface area (Å²) in [6.07, 6.45) is 0.975. The number of aromatic nitrogens is 1. The lowest BCUT2D eigenvalue weighted by Crippen LogP contribution is -2.46. The van der Waals surface area contributed by atoms with Gasteiger partial charge in [0.25, 0.3) is 0 Å². The van der Waals surface area contributed by atoms with Gasteiger partial charge in [0.15, 0.2) is 12.4 Å². The van der Waals surface area contributed by atoms with Crippen molar-refractivity contribution in [3.63, 3.8) is 0 Å². The number of nitrogens with zero attached hydrogens (tertiary/aromatic N) is 1. The minimum Gasteiger partial charge on any atom is -0.459 e. The highest BCUT2D eigenvalue weighted by Crippen LogP contribution is 2.22. The molecule has 4 atom stereocenters. The van der Waals surface area contributed by atoms with Gasteiger partial charge in [-0.3, -0.25) is 0 Å². The second-order valence-corrected chi connectivity index (χ2v) is 27.5. The molecule has 0 spiro atoms. The van der Waals surface area contributed by atoms with Gasteiger partial charge >= 0.3 is 48.3 Å². The molecule has 470 valence electrons. The molecule has 0 aliphatic carbocycles. The Morgan fingerprint density at radius 2 is 0.762 bits per heavy atom. The lowest BCUT2D eigenvalue weighted by atomic mass is 9.94. The molecule has 0 saturated carbocycles. The topological polar surface area (TPSA) is 262 Å². The summed E-state index contributed by atoms with van der Waals surface area (Å²) >= 11 is 0. The molecule has 4 N–H and O–H groups in total. The van der Waals surface area contributed by atoms with Gasteiger partial charge in [-0.2, -0.15) is 0 Å². The Bertz CT molecular complexity index is 2520. The molecule has 2 rings (SSSR count). The lowest BCUT2D eigenvalue weighted by molar-refractivity contribution is -0.698. The van der Waals surface area contributed by atoms with Gasteiger partial charge in [-0.1, -0.05) is 42.2 Å². The van der Waals surface area contributed by atoms with E-state index >= 15 is 0 Å². The molecule has 0 fully saturated rings. The van der Waals surface area contributed by atoms with Crippen LogP contribution in [-0.4, -0.2) is 112 Å². The number of amides is 4. The van der Waals surface area contributed by atoms with Crippen LogP contribution in [0, 0.1) is 11.8 Å². The number of hydrogen-bond donors (Lipinski definition) is 4. The fourth-order valence-corrected chi connectivity index (χ4v) is 7.61. The quantitative estimate of drug-likeness (QED) is 0.0281. The van der Waals surface area contributed by atoms with Crippen LogP contribution >= 0.6 is 0 Å². The minimum absolute atomic E-state index is 0.0190. The number of carbonyl (C=O) groups excluding carboxylic acids is 8. The SMILES string of the molecule is CC(C)(C)OC(=O)N[C@@H](CCCC[n+]1cc(CC[C@H](NC(=O)OC(C)(C)C)C(=O)OC(C)(C)C)c(C#CC[C@H](NC(=O)OC(C)(C)C)C(=O)OC(C)(C)C)c(CC[C@H](NC(=O)OC(C)(C)C)C(=O)OC(C)(C)C)c1)C(=O)OCc1ccccc1. The Hall–Kier alpha value is -7.11. The van der Waals surface area contributed by atoms with Crippen molar-refractivity contribution >= 4 is 48.3 Å². The monoisotopic (exact) mass is 1180 g/mol. The van der Waals surface area contributed by atoms with Crippen molar-refractivity contribution in [1.29, 1.82) is 0 Å². The number of unbranched alkanes of at least 4 members (excludes halogenated alkanes) is 1. The molecule has 0 aliphatic heterocycles. The van der Waals surface area contributed by atoms with Crippen LogP contribution in [0.2, 0.25) is 0 Å². The molecule has 0 saturated heterocycles. The summed E-state index contributed by atoms with van der Waals surface area (Å²) in [5.74, 6) is 3.42. The van der Waals surface area contributed by atoms with E-state index in [1.807, 2.05) is 47.3 Å². The van der Waals surface area contributed by atoms with Crippen molar-refractivity contribution in [2.75, 3.05) is 0 Å². The Morgan fingerprint density at radius 1 is 0.429 bits per heavy atom. The van der Waals surface area contributed by atoms with Crippen molar-refractivity contribution in [3.8, 4) is 11.8 Å². The third-order valence-corrected chi connectivity index (χ3v) is 10.7. The van der Waals surface area contributed by atoms with Crippen LogP contribution < -0.4 is 25.8 Å². The standard InChI is InChI=1S/C63H97N5O16/c1-57(2,3)78-50(70)46(65-54(74)82-61(13,14)15)32-27-30-44-42(33-35-47(51(71)79-58(4,5)6)66-55(75)83-62(16,17)18)38-68(39-43(44)34-36-48(52(72)80-59(7,8)9)67-56(76)84-63(19,20)21)37-26-25-31-45(64-53(73)81-60(10,11)12)49(69)77-40-41-28-23-22-24-29-41/h22-24,28-29,38-39,45-48H,25-26,31-37,40H2,1-21H3,(H3-,64,65,66,67,73,74,75,76)/p+1/t45-,46-,47-,48-/m0/s1. The van der Waals surface area contributed by atoms with Crippen LogP contribution in [0.5, 0.6) is 0 Å². The Labute approximate surface area is 498 Å². The molecule has 0 radical (unpaired) electrons. The van der Waals surface area contributed by atoms with Gasteiger partial charge in [-0.15, -0.1) is 0 Å². The fraction of sp³-hybridized carbons (Fsp3) is 0.667. The van der Waals surface area contributed by atoms with Gasteiger partial charge in [0.1, 0.15) is 76.5 Å². The van der Waals surface area contributed by atoms with Crippen LogP contribution in [-0.2, 0) is 83.1 Å². The van der Waals surface area contributed by atoms with Gasteiger partial charge in [0.05, 0.1) is 0 Å². The third kappa shape index (κ3) is 32.7. The maximum atomic E-state index is 14.0. The van der Waals surface area contributed by atoms with E-state index in [1.165, 1.54) is 0 Å². The first-order chi connectivity index (χ1) is 38.2. The zero-order valence-electron chi connectivity index (χ0n) is 53.9. The number of hydrogen-bond acceptors (Lipinski definition) is 16. The first kappa shape index (κ1) is 73.0. The number of pyridine rings is 1. The van der Waals surface area contributed by atoms with Crippen molar-refractivity contribution in [3.05, 3.63) is 65.0 Å². The number of ether oxygens (including phenoxy) is 8. The molecule has 21 nitrogen and oxygen atoms in total. The van der Waals surface area contributed by atoms with Crippen LogP contribution in [0.25, 0.3) is 0 Å². The summed E-state index contributed by atoms with van der Waals surface area (Å²) in [7, 11) is 0. The summed E-state index contributed by atoms with van der Waals surface area (Å²) in [6, 6.07) is 4.26. The minimum atomic E-state index is -1.31. The Kier molecular flexibility index (Phi) is 27.1. The number of benzene rings is 1. The van der Waals surface area contributed by atoms with E-state index in [-0.39, 0.29) is 45.1 Å². The van der Waals surface area contributed by atoms with Crippen molar-refractivity contribution < 1.29 is 80.8 Å². The predicted octanol–water partition coefficient (Wildman–Crippen LogP) is 10.1. The predicted molar refractivity (Wildman–Crippen MR) is 315 cm³/mol. The van der Waals surface area contributed by atoms with Crippen molar-refractivity contribution in [2.45, 2.75) is 273 Å². The summed E-state index contributed by atoms with van der Waals surface area (Å²) in [5, 5.41) is 10.7. The molecule has 21 heteroatoms. The highest BCUT2D eigenvalue weighted by atomic mass is 16.6. The van der Waals surface area contributed by atoms with Gasteiger partial charge in [0.2, 0.25) is 0 Å². The molecule has 0 unspecified atom stereocenters. The average Bonchev–Trinajstić information content (AvgIpc) is 3.37. The average molecular weight is 1180 g/mol. The van der Waals surface area contributed by atoms with E-state index < -0.39 is 112 Å². The first-order valence-corrected chi connectivity index (χ1v) is 28.7. The Balaban J connectivity index is 2.97. The third-order valence-electron chi connectivity index (χ3n) is 10.7. The van der Waals surface area contributed by atoms with E-state index in [0.717, 1.165) is 5.56 Å². The molecular formula is C63H98N5O16+. The molecule has 1 heterocycles. The van der Waals surface area contributed by atoms with Gasteiger partial charge in [-0.05, 0) is 189 Å². The summed E-state index contributed by atoms with van der Waals surface area (Å²) in [6.45, 7) is 35.8. The number of aryl methyl sites for hydroxylation is 3. The molecule has 2 aromatic rings. The summed E-state index contributed by atoms with van der Waals surface area (Å²) < 4.78 is 46.9. The van der Waals surface area contributed by atoms with Crippen LogP contribution in [0.4, 0.5) is 19.2 Å². The molecule has 4 amide bonds. The smallest absolute Gasteiger partial charge is 0.408 e. The van der Waals surface area contributed by atoms with E-state index in [2.05, 4.69) is 33.1 Å². The maximum absolute atomic E-state index is 14.0. The molecule has 1 aromatic carbocycles. The first-order valence-electron chi connectivity index (χ1n) is 28.7. The van der Waals surface area contributed by atoms with Crippen LogP contribution in [0.3, 0.4) is 0 Å². The highest BCUT2D eigenvalue weighted by molar-refractivity contribution is 5.84. The zero-order chi connectivity index (χ0) is 64.2. The molecule has 0 bridgehead atoms. The second kappa shape index (κ2) is 31.2. The summed E-state index contributed by atoms with van der Waals surface area (Å²) in [5.41, 5.74) is -4.18. The number of esters is 4. The lowest BCUT2D eigenvalue weighted by Gasteiger charge is -2.26.